The Bertz CT molecular complexity index is 638. The van der Waals surface area contributed by atoms with Crippen molar-refractivity contribution in [2.45, 2.75) is 12.6 Å². The average Bonchev–Trinajstić information content (AvgIpc) is 2.41. The zero-order valence-electron chi connectivity index (χ0n) is 10.7. The Hall–Kier alpha value is -2.01. The van der Waals surface area contributed by atoms with Gasteiger partial charge < -0.3 is 5.32 Å². The molecule has 0 heterocycles. The van der Waals surface area contributed by atoms with Crippen molar-refractivity contribution in [1.82, 2.24) is 0 Å². The predicted octanol–water partition coefficient (Wildman–Crippen LogP) is 4.54. The summed E-state index contributed by atoms with van der Waals surface area (Å²) in [5.41, 5.74) is 0.0412. The third-order valence-electron chi connectivity index (χ3n) is 2.75. The summed E-state index contributed by atoms with van der Waals surface area (Å²) in [7, 11) is 0. The highest BCUT2D eigenvalue weighted by atomic mass is 35.5. The molecule has 2 aromatic carbocycles. The first-order valence-corrected chi connectivity index (χ1v) is 6.44. The molecule has 0 bridgehead atoms. The number of carbonyl (C=O) groups excluding carboxylic acids is 1. The molecule has 1 amide bonds. The molecule has 0 saturated carbocycles. The molecule has 2 aromatic rings. The van der Waals surface area contributed by atoms with Gasteiger partial charge in [-0.3, -0.25) is 4.79 Å². The van der Waals surface area contributed by atoms with Crippen LogP contribution < -0.4 is 5.32 Å². The molecule has 2 rings (SSSR count). The average molecular weight is 314 g/mol. The molecule has 0 aliphatic rings. The quantitative estimate of drug-likeness (QED) is 0.885. The van der Waals surface area contributed by atoms with Gasteiger partial charge >= 0.3 is 6.18 Å². The van der Waals surface area contributed by atoms with Crippen LogP contribution in [-0.2, 0) is 17.4 Å². The van der Waals surface area contributed by atoms with E-state index < -0.39 is 17.6 Å². The van der Waals surface area contributed by atoms with Gasteiger partial charge in [0.1, 0.15) is 0 Å². The van der Waals surface area contributed by atoms with Crippen molar-refractivity contribution in [2.24, 2.45) is 0 Å². The minimum Gasteiger partial charge on any atom is -0.326 e. The van der Waals surface area contributed by atoms with Crippen LogP contribution in [-0.4, -0.2) is 5.91 Å². The standard InChI is InChI=1S/C15H11ClF3NO/c16-12-6-4-10(5-7-12)8-14(21)20-13-3-1-2-11(9-13)15(17,18)19/h1-7,9H,8H2,(H,20,21). The molecule has 0 aromatic heterocycles. The Balaban J connectivity index is 2.04. The van der Waals surface area contributed by atoms with E-state index in [1.807, 2.05) is 0 Å². The lowest BCUT2D eigenvalue weighted by atomic mass is 10.1. The largest absolute Gasteiger partial charge is 0.416 e. The van der Waals surface area contributed by atoms with Gasteiger partial charge in [-0.25, -0.2) is 0 Å². The zero-order valence-corrected chi connectivity index (χ0v) is 11.5. The monoisotopic (exact) mass is 313 g/mol. The molecule has 0 radical (unpaired) electrons. The Morgan fingerprint density at radius 1 is 1.10 bits per heavy atom. The van der Waals surface area contributed by atoms with Crippen molar-refractivity contribution in [1.29, 1.82) is 0 Å². The maximum atomic E-state index is 12.6. The van der Waals surface area contributed by atoms with E-state index in [-0.39, 0.29) is 12.1 Å². The van der Waals surface area contributed by atoms with Gasteiger partial charge in [0.15, 0.2) is 0 Å². The van der Waals surface area contributed by atoms with Crippen LogP contribution in [0.4, 0.5) is 18.9 Å². The summed E-state index contributed by atoms with van der Waals surface area (Å²) in [5.74, 6) is -0.392. The van der Waals surface area contributed by atoms with Crippen LogP contribution >= 0.6 is 11.6 Å². The number of alkyl halides is 3. The van der Waals surface area contributed by atoms with E-state index in [0.29, 0.717) is 5.02 Å². The molecule has 110 valence electrons. The number of anilines is 1. The summed E-state index contributed by atoms with van der Waals surface area (Å²) in [6.45, 7) is 0. The third-order valence-corrected chi connectivity index (χ3v) is 3.00. The highest BCUT2D eigenvalue weighted by Crippen LogP contribution is 2.30. The molecular weight excluding hydrogens is 303 g/mol. The van der Waals surface area contributed by atoms with E-state index in [0.717, 1.165) is 17.7 Å². The molecule has 0 atom stereocenters. The summed E-state index contributed by atoms with van der Waals surface area (Å²) >= 11 is 5.73. The molecule has 2 nitrogen and oxygen atoms in total. The van der Waals surface area contributed by atoms with Crippen molar-refractivity contribution in [3.05, 3.63) is 64.7 Å². The first-order chi connectivity index (χ1) is 9.84. The van der Waals surface area contributed by atoms with Crippen molar-refractivity contribution in [2.75, 3.05) is 5.32 Å². The minimum atomic E-state index is -4.43. The predicted molar refractivity (Wildman–Crippen MR) is 75.2 cm³/mol. The van der Waals surface area contributed by atoms with Gasteiger partial charge in [-0.15, -0.1) is 0 Å². The second-order valence-electron chi connectivity index (χ2n) is 4.43. The lowest BCUT2D eigenvalue weighted by Crippen LogP contribution is -2.15. The molecule has 0 fully saturated rings. The number of hydrogen-bond acceptors (Lipinski definition) is 1. The van der Waals surface area contributed by atoms with Crippen LogP contribution in [0.2, 0.25) is 5.02 Å². The van der Waals surface area contributed by atoms with Crippen LogP contribution in [0.1, 0.15) is 11.1 Å². The fraction of sp³-hybridized carbons (Fsp3) is 0.133. The molecule has 1 N–H and O–H groups in total. The van der Waals surface area contributed by atoms with Crippen LogP contribution in [0.3, 0.4) is 0 Å². The van der Waals surface area contributed by atoms with Gasteiger partial charge in [0.25, 0.3) is 0 Å². The topological polar surface area (TPSA) is 29.1 Å². The smallest absolute Gasteiger partial charge is 0.326 e. The molecular formula is C15H11ClF3NO. The molecule has 0 spiro atoms. The van der Waals surface area contributed by atoms with Crippen LogP contribution in [0.5, 0.6) is 0 Å². The number of hydrogen-bond donors (Lipinski definition) is 1. The Morgan fingerprint density at radius 2 is 1.76 bits per heavy atom. The fourth-order valence-corrected chi connectivity index (χ4v) is 1.89. The molecule has 21 heavy (non-hydrogen) atoms. The third kappa shape index (κ3) is 4.49. The maximum absolute atomic E-state index is 12.6. The van der Waals surface area contributed by atoms with Crippen LogP contribution in [0, 0.1) is 0 Å². The van der Waals surface area contributed by atoms with Crippen LogP contribution in [0.25, 0.3) is 0 Å². The zero-order chi connectivity index (χ0) is 15.5. The number of amides is 1. The number of nitrogens with one attached hydrogen (secondary N) is 1. The van der Waals surface area contributed by atoms with Crippen molar-refractivity contribution in [3.8, 4) is 0 Å². The summed E-state index contributed by atoms with van der Waals surface area (Å²) in [6.07, 6.45) is -4.37. The number of halogens is 4. The summed E-state index contributed by atoms with van der Waals surface area (Å²) < 4.78 is 37.7. The van der Waals surface area contributed by atoms with Gasteiger partial charge in [0.05, 0.1) is 12.0 Å². The van der Waals surface area contributed by atoms with Crippen molar-refractivity contribution in [3.63, 3.8) is 0 Å². The van der Waals surface area contributed by atoms with E-state index in [4.69, 9.17) is 11.6 Å². The lowest BCUT2D eigenvalue weighted by Gasteiger charge is -2.10. The van der Waals surface area contributed by atoms with E-state index in [9.17, 15) is 18.0 Å². The molecule has 0 aliphatic carbocycles. The minimum absolute atomic E-state index is 0.0629. The first kappa shape index (κ1) is 15.4. The van der Waals surface area contributed by atoms with Crippen molar-refractivity contribution >= 4 is 23.2 Å². The lowest BCUT2D eigenvalue weighted by molar-refractivity contribution is -0.137. The molecule has 0 saturated heterocycles. The van der Waals surface area contributed by atoms with Gasteiger partial charge in [0.2, 0.25) is 5.91 Å². The van der Waals surface area contributed by atoms with E-state index >= 15 is 0 Å². The van der Waals surface area contributed by atoms with E-state index in [1.165, 1.54) is 12.1 Å². The van der Waals surface area contributed by atoms with Gasteiger partial charge in [-0.2, -0.15) is 13.2 Å². The molecule has 0 aliphatic heterocycles. The number of benzene rings is 2. The van der Waals surface area contributed by atoms with Gasteiger partial charge in [0, 0.05) is 10.7 Å². The SMILES string of the molecule is O=C(Cc1ccc(Cl)cc1)Nc1cccc(C(F)(F)F)c1. The maximum Gasteiger partial charge on any atom is 0.416 e. The first-order valence-electron chi connectivity index (χ1n) is 6.06. The van der Waals surface area contributed by atoms with Crippen LogP contribution in [0.15, 0.2) is 48.5 Å². The highest BCUT2D eigenvalue weighted by Gasteiger charge is 2.30. The summed E-state index contributed by atoms with van der Waals surface area (Å²) in [4.78, 5) is 11.8. The summed E-state index contributed by atoms with van der Waals surface area (Å²) in [5, 5.41) is 3.00. The van der Waals surface area contributed by atoms with Gasteiger partial charge in [-0.05, 0) is 35.9 Å². The second kappa shape index (κ2) is 6.18. The Kier molecular flexibility index (Phi) is 4.53. The molecule has 6 heteroatoms. The molecule has 0 unspecified atom stereocenters. The Labute approximate surface area is 124 Å². The van der Waals surface area contributed by atoms with Gasteiger partial charge in [-0.1, -0.05) is 29.8 Å². The second-order valence-corrected chi connectivity index (χ2v) is 4.87. The fourth-order valence-electron chi connectivity index (χ4n) is 1.77. The van der Waals surface area contributed by atoms with E-state index in [2.05, 4.69) is 5.32 Å². The van der Waals surface area contributed by atoms with Crippen molar-refractivity contribution < 1.29 is 18.0 Å². The summed E-state index contributed by atoms with van der Waals surface area (Å²) in [6, 6.07) is 11.2. The number of carbonyl (C=O) groups is 1. The highest BCUT2D eigenvalue weighted by molar-refractivity contribution is 6.30. The number of rotatable bonds is 3. The van der Waals surface area contributed by atoms with E-state index in [1.54, 1.807) is 24.3 Å². The normalized spacial score (nSPS) is 11.2. The Morgan fingerprint density at radius 3 is 2.38 bits per heavy atom.